The Kier molecular flexibility index (Phi) is 5.05. The Morgan fingerprint density at radius 2 is 1.23 bits per heavy atom. The number of hydrogen-bond acceptors (Lipinski definition) is 4. The van der Waals surface area contributed by atoms with Crippen molar-refractivity contribution in [1.29, 1.82) is 0 Å². The Bertz CT molecular complexity index is 660. The summed E-state index contributed by atoms with van der Waals surface area (Å²) >= 11 is 0. The lowest BCUT2D eigenvalue weighted by Crippen LogP contribution is -2.07. The lowest BCUT2D eigenvalue weighted by Gasteiger charge is -2.18. The van der Waals surface area contributed by atoms with E-state index in [0.717, 1.165) is 11.1 Å². The van der Waals surface area contributed by atoms with E-state index in [-0.39, 0.29) is 23.2 Å². The maximum Gasteiger partial charge on any atom is 0.264 e. The molecule has 0 aliphatic carbocycles. The Morgan fingerprint density at radius 1 is 0.818 bits per heavy atom. The molecule has 0 bridgehead atoms. The van der Waals surface area contributed by atoms with Crippen LogP contribution in [0.4, 0.5) is 0 Å². The SMILES string of the molecule is O=S(=O)(O)CCCC(c1ccc(O)cc1)c1ccc(O)cc1. The highest BCUT2D eigenvalue weighted by atomic mass is 32.2. The van der Waals surface area contributed by atoms with Crippen molar-refractivity contribution in [2.75, 3.05) is 5.75 Å². The van der Waals surface area contributed by atoms with Crippen LogP contribution in [-0.2, 0) is 10.1 Å². The van der Waals surface area contributed by atoms with Crippen molar-refractivity contribution in [2.24, 2.45) is 0 Å². The van der Waals surface area contributed by atoms with E-state index in [0.29, 0.717) is 12.8 Å². The summed E-state index contributed by atoms with van der Waals surface area (Å²) in [7, 11) is -3.98. The van der Waals surface area contributed by atoms with Gasteiger partial charge in [-0.2, -0.15) is 8.42 Å². The number of aromatic hydroxyl groups is 2. The zero-order valence-electron chi connectivity index (χ0n) is 11.9. The number of benzene rings is 2. The highest BCUT2D eigenvalue weighted by Gasteiger charge is 2.16. The van der Waals surface area contributed by atoms with E-state index in [9.17, 15) is 18.6 Å². The number of hydrogen-bond donors (Lipinski definition) is 3. The summed E-state index contributed by atoms with van der Waals surface area (Å²) in [5, 5.41) is 18.8. The highest BCUT2D eigenvalue weighted by molar-refractivity contribution is 7.85. The lowest BCUT2D eigenvalue weighted by atomic mass is 9.87. The summed E-state index contributed by atoms with van der Waals surface area (Å²) in [5.74, 6) is -0.0557. The topological polar surface area (TPSA) is 94.8 Å². The van der Waals surface area contributed by atoms with Crippen LogP contribution < -0.4 is 0 Å². The van der Waals surface area contributed by atoms with Crippen LogP contribution in [0.2, 0.25) is 0 Å². The standard InChI is InChI=1S/C16H18O5S/c17-14-7-3-12(4-8-14)16(2-1-11-22(19,20)21)13-5-9-15(18)10-6-13/h3-10,16-18H,1-2,11H2,(H,19,20,21). The van der Waals surface area contributed by atoms with Crippen LogP contribution in [0.3, 0.4) is 0 Å². The van der Waals surface area contributed by atoms with E-state index in [1.54, 1.807) is 48.5 Å². The smallest absolute Gasteiger partial charge is 0.264 e. The Balaban J connectivity index is 2.23. The molecule has 2 rings (SSSR count). The van der Waals surface area contributed by atoms with Crippen LogP contribution in [0.15, 0.2) is 48.5 Å². The van der Waals surface area contributed by atoms with Crippen LogP contribution in [0.5, 0.6) is 11.5 Å². The third-order valence-corrected chi connectivity index (χ3v) is 4.29. The van der Waals surface area contributed by atoms with Crippen LogP contribution in [0.1, 0.15) is 29.9 Å². The first kappa shape index (κ1) is 16.3. The predicted molar refractivity (Wildman–Crippen MR) is 83.7 cm³/mol. The third-order valence-electron chi connectivity index (χ3n) is 3.49. The zero-order chi connectivity index (χ0) is 16.2. The van der Waals surface area contributed by atoms with E-state index in [1.165, 1.54) is 0 Å². The minimum atomic E-state index is -3.98. The van der Waals surface area contributed by atoms with E-state index < -0.39 is 10.1 Å². The fraction of sp³-hybridized carbons (Fsp3) is 0.250. The molecule has 22 heavy (non-hydrogen) atoms. The zero-order valence-corrected chi connectivity index (χ0v) is 12.7. The Hall–Kier alpha value is -2.05. The van der Waals surface area contributed by atoms with Gasteiger partial charge in [-0.1, -0.05) is 24.3 Å². The molecule has 2 aromatic rings. The van der Waals surface area contributed by atoms with Crippen molar-refractivity contribution in [3.05, 3.63) is 59.7 Å². The van der Waals surface area contributed by atoms with E-state index in [4.69, 9.17) is 4.55 Å². The maximum atomic E-state index is 10.9. The number of phenolic OH excluding ortho intramolecular Hbond substituents is 2. The van der Waals surface area contributed by atoms with Crippen molar-refractivity contribution in [2.45, 2.75) is 18.8 Å². The summed E-state index contributed by atoms with van der Waals surface area (Å²) < 4.78 is 30.6. The molecule has 0 aromatic heterocycles. The fourth-order valence-electron chi connectivity index (χ4n) is 2.41. The molecule has 0 unspecified atom stereocenters. The second kappa shape index (κ2) is 6.81. The van der Waals surface area contributed by atoms with Crippen LogP contribution in [0.25, 0.3) is 0 Å². The first-order valence-corrected chi connectivity index (χ1v) is 8.49. The molecular weight excluding hydrogens is 304 g/mol. The summed E-state index contributed by atoms with van der Waals surface area (Å²) in [5.41, 5.74) is 1.86. The molecule has 0 aliphatic heterocycles. The lowest BCUT2D eigenvalue weighted by molar-refractivity contribution is 0.475. The summed E-state index contributed by atoms with van der Waals surface area (Å²) in [6, 6.07) is 13.4. The molecule has 118 valence electrons. The van der Waals surface area contributed by atoms with E-state index >= 15 is 0 Å². The molecule has 6 heteroatoms. The van der Waals surface area contributed by atoms with Gasteiger partial charge in [0.2, 0.25) is 0 Å². The first-order valence-electron chi connectivity index (χ1n) is 6.88. The van der Waals surface area contributed by atoms with Gasteiger partial charge < -0.3 is 10.2 Å². The second-order valence-corrected chi connectivity index (χ2v) is 6.74. The molecule has 0 saturated heterocycles. The molecular formula is C16H18O5S. The van der Waals surface area contributed by atoms with E-state index in [2.05, 4.69) is 0 Å². The molecule has 0 aliphatic rings. The maximum absolute atomic E-state index is 10.9. The number of rotatable bonds is 6. The average molecular weight is 322 g/mol. The minimum Gasteiger partial charge on any atom is -0.508 e. The molecule has 0 radical (unpaired) electrons. The van der Waals surface area contributed by atoms with Crippen LogP contribution in [-0.4, -0.2) is 28.9 Å². The second-order valence-electron chi connectivity index (χ2n) is 5.16. The largest absolute Gasteiger partial charge is 0.508 e. The van der Waals surface area contributed by atoms with Gasteiger partial charge in [0, 0.05) is 5.92 Å². The summed E-state index contributed by atoms with van der Waals surface area (Å²) in [4.78, 5) is 0. The van der Waals surface area contributed by atoms with Gasteiger partial charge in [0.25, 0.3) is 10.1 Å². The van der Waals surface area contributed by atoms with Gasteiger partial charge in [0.1, 0.15) is 11.5 Å². The van der Waals surface area contributed by atoms with Crippen LogP contribution in [0, 0.1) is 0 Å². The van der Waals surface area contributed by atoms with Crippen molar-refractivity contribution < 1.29 is 23.2 Å². The molecule has 0 saturated carbocycles. The molecule has 0 amide bonds. The van der Waals surface area contributed by atoms with Gasteiger partial charge in [-0.25, -0.2) is 0 Å². The van der Waals surface area contributed by atoms with Gasteiger partial charge >= 0.3 is 0 Å². The monoisotopic (exact) mass is 322 g/mol. The normalized spacial score (nSPS) is 11.7. The molecule has 0 heterocycles. The van der Waals surface area contributed by atoms with Gasteiger partial charge in [-0.15, -0.1) is 0 Å². The minimum absolute atomic E-state index is 0.0806. The Morgan fingerprint density at radius 3 is 1.59 bits per heavy atom. The van der Waals surface area contributed by atoms with Gasteiger partial charge in [-0.05, 0) is 48.2 Å². The quantitative estimate of drug-likeness (QED) is 0.711. The fourth-order valence-corrected chi connectivity index (χ4v) is 2.94. The predicted octanol–water partition coefficient (Wildman–Crippen LogP) is 2.90. The third kappa shape index (κ3) is 4.75. The van der Waals surface area contributed by atoms with Crippen molar-refractivity contribution in [3.63, 3.8) is 0 Å². The first-order chi connectivity index (χ1) is 10.3. The highest BCUT2D eigenvalue weighted by Crippen LogP contribution is 2.31. The molecule has 3 N–H and O–H groups in total. The van der Waals surface area contributed by atoms with Crippen LogP contribution >= 0.6 is 0 Å². The van der Waals surface area contributed by atoms with Crippen molar-refractivity contribution in [1.82, 2.24) is 0 Å². The van der Waals surface area contributed by atoms with Gasteiger partial charge in [0.15, 0.2) is 0 Å². The van der Waals surface area contributed by atoms with E-state index in [1.807, 2.05) is 0 Å². The van der Waals surface area contributed by atoms with Crippen molar-refractivity contribution >= 4 is 10.1 Å². The number of phenols is 2. The van der Waals surface area contributed by atoms with Gasteiger partial charge in [-0.3, -0.25) is 4.55 Å². The summed E-state index contributed by atoms with van der Waals surface area (Å²) in [6.07, 6.45) is 0.834. The molecule has 0 atom stereocenters. The Labute approximate surface area is 129 Å². The van der Waals surface area contributed by atoms with Crippen molar-refractivity contribution in [3.8, 4) is 11.5 Å². The molecule has 5 nitrogen and oxygen atoms in total. The molecule has 0 spiro atoms. The van der Waals surface area contributed by atoms with Gasteiger partial charge in [0.05, 0.1) is 5.75 Å². The molecule has 2 aromatic carbocycles. The summed E-state index contributed by atoms with van der Waals surface area (Å²) in [6.45, 7) is 0. The molecule has 0 fully saturated rings. The average Bonchev–Trinajstić information content (AvgIpc) is 2.45.